The van der Waals surface area contributed by atoms with E-state index in [0.29, 0.717) is 0 Å². The van der Waals surface area contributed by atoms with Crippen LogP contribution in [0.3, 0.4) is 0 Å². The lowest BCUT2D eigenvalue weighted by Gasteiger charge is -2.35. The molecule has 4 nitrogen and oxygen atoms in total. The number of nitrogens with zero attached hydrogens (tertiary/aromatic N) is 3. The molecule has 2 N–H and O–H groups in total. The van der Waals surface area contributed by atoms with E-state index in [0.717, 1.165) is 49.7 Å². The van der Waals surface area contributed by atoms with Crippen molar-refractivity contribution in [3.8, 4) is 0 Å². The monoisotopic (exact) mass is 310 g/mol. The van der Waals surface area contributed by atoms with Crippen molar-refractivity contribution in [3.63, 3.8) is 0 Å². The van der Waals surface area contributed by atoms with Crippen molar-refractivity contribution in [2.24, 2.45) is 5.73 Å². The van der Waals surface area contributed by atoms with Gasteiger partial charge in [0.2, 0.25) is 0 Å². The van der Waals surface area contributed by atoms with Gasteiger partial charge in [-0.05, 0) is 36.2 Å². The number of hydrogen-bond donors (Lipinski definition) is 1. The van der Waals surface area contributed by atoms with Gasteiger partial charge in [-0.3, -0.25) is 0 Å². The molecule has 2 aromatic rings. The van der Waals surface area contributed by atoms with Crippen molar-refractivity contribution >= 4 is 5.82 Å². The highest BCUT2D eigenvalue weighted by Gasteiger charge is 2.18. The van der Waals surface area contributed by atoms with Crippen LogP contribution in [0.1, 0.15) is 29.7 Å². The highest BCUT2D eigenvalue weighted by atomic mass is 15.3. The number of pyridine rings is 1. The van der Waals surface area contributed by atoms with Gasteiger partial charge < -0.3 is 15.5 Å². The first-order valence-electron chi connectivity index (χ1n) is 8.43. The van der Waals surface area contributed by atoms with Crippen LogP contribution >= 0.6 is 0 Å². The normalized spacial score (nSPS) is 17.3. The number of aromatic nitrogens is 1. The van der Waals surface area contributed by atoms with E-state index in [2.05, 4.69) is 46.8 Å². The van der Waals surface area contributed by atoms with E-state index in [1.54, 1.807) is 0 Å². The van der Waals surface area contributed by atoms with Crippen molar-refractivity contribution in [1.82, 2.24) is 9.88 Å². The summed E-state index contributed by atoms with van der Waals surface area (Å²) >= 11 is 0. The van der Waals surface area contributed by atoms with Crippen LogP contribution in [0, 0.1) is 6.92 Å². The average Bonchev–Trinajstić information content (AvgIpc) is 2.62. The summed E-state index contributed by atoms with van der Waals surface area (Å²) in [5, 5.41) is 0. The molecule has 2 heterocycles. The van der Waals surface area contributed by atoms with Gasteiger partial charge in [-0.1, -0.05) is 37.3 Å². The molecule has 3 rings (SSSR count). The molecule has 1 atom stereocenters. The predicted octanol–water partition coefficient (Wildman–Crippen LogP) is 2.58. The molecule has 1 fully saturated rings. The number of nitrogens with two attached hydrogens (primary N) is 1. The second-order valence-corrected chi connectivity index (χ2v) is 6.21. The molecular formula is C19H26N4. The molecule has 0 aliphatic carbocycles. The zero-order valence-corrected chi connectivity index (χ0v) is 14.1. The summed E-state index contributed by atoms with van der Waals surface area (Å²) in [5.74, 6) is 1.07. The largest absolute Gasteiger partial charge is 0.354 e. The maximum absolute atomic E-state index is 6.42. The van der Waals surface area contributed by atoms with E-state index in [9.17, 15) is 0 Å². The predicted molar refractivity (Wildman–Crippen MR) is 95.8 cm³/mol. The van der Waals surface area contributed by atoms with Gasteiger partial charge >= 0.3 is 0 Å². The third kappa shape index (κ3) is 3.54. The van der Waals surface area contributed by atoms with Gasteiger partial charge in [0.1, 0.15) is 5.82 Å². The van der Waals surface area contributed by atoms with Crippen molar-refractivity contribution in [2.45, 2.75) is 19.9 Å². The van der Waals surface area contributed by atoms with Gasteiger partial charge in [0.05, 0.1) is 6.04 Å². The molecule has 1 saturated heterocycles. The summed E-state index contributed by atoms with van der Waals surface area (Å²) in [6.07, 6.45) is 1.95. The minimum absolute atomic E-state index is 0.116. The van der Waals surface area contributed by atoms with E-state index in [4.69, 9.17) is 5.73 Å². The van der Waals surface area contributed by atoms with Gasteiger partial charge in [0.15, 0.2) is 0 Å². The maximum Gasteiger partial charge on any atom is 0.128 e. The summed E-state index contributed by atoms with van der Waals surface area (Å²) in [4.78, 5) is 9.54. The first-order chi connectivity index (χ1) is 11.2. The highest BCUT2D eigenvalue weighted by Crippen LogP contribution is 2.25. The third-order valence-electron chi connectivity index (χ3n) is 4.77. The summed E-state index contributed by atoms with van der Waals surface area (Å²) in [6.45, 7) is 9.80. The highest BCUT2D eigenvalue weighted by molar-refractivity contribution is 5.46. The number of benzene rings is 1. The molecule has 23 heavy (non-hydrogen) atoms. The van der Waals surface area contributed by atoms with E-state index in [1.807, 2.05) is 24.4 Å². The average molecular weight is 310 g/mol. The van der Waals surface area contributed by atoms with Crippen molar-refractivity contribution in [2.75, 3.05) is 37.6 Å². The molecule has 4 heteroatoms. The quantitative estimate of drug-likeness (QED) is 0.943. The number of rotatable bonds is 4. The SMILES string of the molecule is CCN1CCN(c2cc(C)c([C@@H](N)c3ccccc3)cn2)CC1. The van der Waals surface area contributed by atoms with Crippen LogP contribution in [0.4, 0.5) is 5.82 Å². The van der Waals surface area contributed by atoms with Crippen LogP contribution in [0.15, 0.2) is 42.6 Å². The lowest BCUT2D eigenvalue weighted by atomic mass is 9.97. The fourth-order valence-electron chi connectivity index (χ4n) is 3.18. The second kappa shape index (κ2) is 7.11. The molecule has 1 aliphatic heterocycles. The van der Waals surface area contributed by atoms with Crippen LogP contribution in [0.25, 0.3) is 0 Å². The molecule has 122 valence electrons. The molecular weight excluding hydrogens is 284 g/mol. The van der Waals surface area contributed by atoms with Gasteiger partial charge in [-0.2, -0.15) is 0 Å². The zero-order chi connectivity index (χ0) is 16.2. The fraction of sp³-hybridized carbons (Fsp3) is 0.421. The van der Waals surface area contributed by atoms with E-state index >= 15 is 0 Å². The van der Waals surface area contributed by atoms with Crippen LogP contribution in [0.2, 0.25) is 0 Å². The Morgan fingerprint density at radius 1 is 1.13 bits per heavy atom. The number of piperazine rings is 1. The number of likely N-dealkylation sites (N-methyl/N-ethyl adjacent to an activating group) is 1. The Labute approximate surface area is 138 Å². The standard InChI is InChI=1S/C19H26N4/c1-3-22-9-11-23(12-10-22)18-13-15(2)17(14-21-18)19(20)16-7-5-4-6-8-16/h4-8,13-14,19H,3,9-12,20H2,1-2H3/t19-/m0/s1. The fourth-order valence-corrected chi connectivity index (χ4v) is 3.18. The Kier molecular flexibility index (Phi) is 4.94. The van der Waals surface area contributed by atoms with Crippen LogP contribution in [-0.4, -0.2) is 42.6 Å². The van der Waals surface area contributed by atoms with E-state index < -0.39 is 0 Å². The summed E-state index contributed by atoms with van der Waals surface area (Å²) in [5.41, 5.74) is 9.86. The molecule has 0 bridgehead atoms. The number of hydrogen-bond acceptors (Lipinski definition) is 4. The Bertz CT molecular complexity index is 633. The van der Waals surface area contributed by atoms with Crippen molar-refractivity contribution in [3.05, 3.63) is 59.3 Å². The second-order valence-electron chi connectivity index (χ2n) is 6.21. The van der Waals surface area contributed by atoms with Gasteiger partial charge in [-0.15, -0.1) is 0 Å². The minimum atomic E-state index is -0.116. The lowest BCUT2D eigenvalue weighted by molar-refractivity contribution is 0.270. The number of anilines is 1. The van der Waals surface area contributed by atoms with E-state index in [-0.39, 0.29) is 6.04 Å². The minimum Gasteiger partial charge on any atom is -0.354 e. The molecule has 1 aliphatic rings. The third-order valence-corrected chi connectivity index (χ3v) is 4.77. The van der Waals surface area contributed by atoms with Crippen LogP contribution < -0.4 is 10.6 Å². The first-order valence-corrected chi connectivity index (χ1v) is 8.43. The molecule has 0 spiro atoms. The summed E-state index contributed by atoms with van der Waals surface area (Å²) in [6, 6.07) is 12.3. The summed E-state index contributed by atoms with van der Waals surface area (Å²) < 4.78 is 0. The first kappa shape index (κ1) is 16.0. The summed E-state index contributed by atoms with van der Waals surface area (Å²) in [7, 11) is 0. The van der Waals surface area contributed by atoms with Gasteiger partial charge in [-0.25, -0.2) is 4.98 Å². The molecule has 1 aromatic carbocycles. The topological polar surface area (TPSA) is 45.4 Å². The number of aryl methyl sites for hydroxylation is 1. The van der Waals surface area contributed by atoms with Crippen molar-refractivity contribution < 1.29 is 0 Å². The molecule has 0 unspecified atom stereocenters. The Balaban J connectivity index is 1.76. The van der Waals surface area contributed by atoms with Gasteiger partial charge in [0, 0.05) is 32.4 Å². The van der Waals surface area contributed by atoms with Crippen LogP contribution in [-0.2, 0) is 0 Å². The van der Waals surface area contributed by atoms with Crippen molar-refractivity contribution in [1.29, 1.82) is 0 Å². The Morgan fingerprint density at radius 2 is 1.83 bits per heavy atom. The smallest absolute Gasteiger partial charge is 0.128 e. The zero-order valence-electron chi connectivity index (χ0n) is 14.1. The molecule has 1 aromatic heterocycles. The molecule has 0 amide bonds. The Morgan fingerprint density at radius 3 is 2.43 bits per heavy atom. The van der Waals surface area contributed by atoms with Gasteiger partial charge in [0.25, 0.3) is 0 Å². The van der Waals surface area contributed by atoms with Crippen LogP contribution in [0.5, 0.6) is 0 Å². The van der Waals surface area contributed by atoms with E-state index in [1.165, 1.54) is 5.56 Å². The Hall–Kier alpha value is -1.91. The lowest BCUT2D eigenvalue weighted by Crippen LogP contribution is -2.46. The molecule has 0 radical (unpaired) electrons. The molecule has 0 saturated carbocycles. The maximum atomic E-state index is 6.42.